The number of ether oxygens (including phenoxy) is 2. The van der Waals surface area contributed by atoms with Crippen LogP contribution in [0.4, 0.5) is 4.79 Å². The zero-order valence-electron chi connectivity index (χ0n) is 23.7. The molecule has 12 heteroatoms. The third-order valence-electron chi connectivity index (χ3n) is 6.61. The van der Waals surface area contributed by atoms with E-state index in [9.17, 15) is 18.0 Å². The van der Waals surface area contributed by atoms with Crippen LogP contribution in [0.25, 0.3) is 0 Å². The lowest BCUT2D eigenvalue weighted by Gasteiger charge is -2.55. The van der Waals surface area contributed by atoms with E-state index in [0.29, 0.717) is 19.2 Å². The molecule has 0 saturated carbocycles. The van der Waals surface area contributed by atoms with E-state index in [1.807, 2.05) is 27.7 Å². The van der Waals surface area contributed by atoms with E-state index in [0.717, 1.165) is 6.26 Å². The highest BCUT2D eigenvalue weighted by atomic mass is 32.2. The molecule has 0 aromatic heterocycles. The summed E-state index contributed by atoms with van der Waals surface area (Å²) in [5, 5.41) is 0. The van der Waals surface area contributed by atoms with Crippen molar-refractivity contribution < 1.29 is 41.0 Å². The molecular formula is C24H44BNO9S. The molecule has 2 heterocycles. The van der Waals surface area contributed by atoms with Crippen LogP contribution in [-0.2, 0) is 37.9 Å². The number of carbonyl (C=O) groups excluding carboxylic acids is 2. The summed E-state index contributed by atoms with van der Waals surface area (Å²) in [6.45, 7) is 18.1. The lowest BCUT2D eigenvalue weighted by Crippen LogP contribution is -2.72. The molecule has 0 aromatic carbocycles. The third kappa shape index (κ3) is 7.82. The Morgan fingerprint density at radius 1 is 0.972 bits per heavy atom. The number of amides is 1. The molecule has 2 rings (SSSR count). The minimum absolute atomic E-state index is 0.0880. The summed E-state index contributed by atoms with van der Waals surface area (Å²) < 4.78 is 52.2. The molecule has 2 aliphatic rings. The van der Waals surface area contributed by atoms with E-state index in [1.54, 1.807) is 41.5 Å². The minimum Gasteiger partial charge on any atom is -0.458 e. The topological polar surface area (TPSA) is 118 Å². The fourth-order valence-corrected chi connectivity index (χ4v) is 4.75. The fraction of sp³-hybridized carbons (Fsp3) is 0.917. The Morgan fingerprint density at radius 2 is 1.47 bits per heavy atom. The SMILES string of the molecule is CC(C)(C)OC(=O)[C@H]1N(C(=O)OC(C)(C)C)C[C@@]1(CCCB1OC(C)(C)C(C)(C)O1)COS(C)(=O)=O. The molecule has 0 aliphatic carbocycles. The molecule has 36 heavy (non-hydrogen) atoms. The van der Waals surface area contributed by atoms with Gasteiger partial charge in [0, 0.05) is 12.0 Å². The van der Waals surface area contributed by atoms with Gasteiger partial charge >= 0.3 is 19.2 Å². The number of carbonyl (C=O) groups is 2. The van der Waals surface area contributed by atoms with E-state index in [1.165, 1.54) is 4.90 Å². The first kappa shape index (κ1) is 30.9. The quantitative estimate of drug-likeness (QED) is 0.261. The van der Waals surface area contributed by atoms with Gasteiger partial charge in [-0.3, -0.25) is 9.08 Å². The van der Waals surface area contributed by atoms with Gasteiger partial charge in [0.25, 0.3) is 10.1 Å². The second kappa shape index (κ2) is 10.1. The van der Waals surface area contributed by atoms with Gasteiger partial charge in [0.1, 0.15) is 17.2 Å². The van der Waals surface area contributed by atoms with E-state index < -0.39 is 63.2 Å². The molecule has 10 nitrogen and oxygen atoms in total. The summed E-state index contributed by atoms with van der Waals surface area (Å²) in [4.78, 5) is 27.5. The van der Waals surface area contributed by atoms with Crippen molar-refractivity contribution in [3.8, 4) is 0 Å². The highest BCUT2D eigenvalue weighted by Gasteiger charge is 2.61. The molecule has 2 fully saturated rings. The predicted octanol–water partition coefficient (Wildman–Crippen LogP) is 3.78. The van der Waals surface area contributed by atoms with Gasteiger partial charge in [0.05, 0.1) is 24.1 Å². The molecule has 0 N–H and O–H groups in total. The Morgan fingerprint density at radius 3 is 1.92 bits per heavy atom. The van der Waals surface area contributed by atoms with Crippen LogP contribution >= 0.6 is 0 Å². The maximum atomic E-state index is 13.3. The van der Waals surface area contributed by atoms with Crippen LogP contribution in [0.3, 0.4) is 0 Å². The monoisotopic (exact) mass is 533 g/mol. The Labute approximate surface area is 216 Å². The molecular weight excluding hydrogens is 489 g/mol. The molecule has 0 aromatic rings. The van der Waals surface area contributed by atoms with Crippen LogP contribution < -0.4 is 0 Å². The van der Waals surface area contributed by atoms with Gasteiger partial charge in [0.15, 0.2) is 0 Å². The minimum atomic E-state index is -3.79. The van der Waals surface area contributed by atoms with Crippen LogP contribution in [-0.4, -0.2) is 80.4 Å². The predicted molar refractivity (Wildman–Crippen MR) is 136 cm³/mol. The molecule has 0 spiro atoms. The van der Waals surface area contributed by atoms with Crippen molar-refractivity contribution in [3.05, 3.63) is 0 Å². The van der Waals surface area contributed by atoms with E-state index in [2.05, 4.69) is 0 Å². The van der Waals surface area contributed by atoms with Crippen LogP contribution in [0.15, 0.2) is 0 Å². The Kier molecular flexibility index (Phi) is 8.63. The second-order valence-electron chi connectivity index (χ2n) is 13.0. The van der Waals surface area contributed by atoms with Gasteiger partial charge in [-0.05, 0) is 82.0 Å². The summed E-state index contributed by atoms with van der Waals surface area (Å²) in [6, 6.07) is -1.06. The van der Waals surface area contributed by atoms with Gasteiger partial charge < -0.3 is 18.8 Å². The van der Waals surface area contributed by atoms with Crippen molar-refractivity contribution in [3.63, 3.8) is 0 Å². The molecule has 1 amide bonds. The molecule has 2 atom stereocenters. The lowest BCUT2D eigenvalue weighted by atomic mass is 9.67. The summed E-state index contributed by atoms with van der Waals surface area (Å²) in [6.07, 6.45) is 1.75. The van der Waals surface area contributed by atoms with Crippen molar-refractivity contribution >= 4 is 29.3 Å². The number of hydrogen-bond donors (Lipinski definition) is 0. The smallest absolute Gasteiger partial charge is 0.457 e. The average Bonchev–Trinajstić information content (AvgIpc) is 2.78. The highest BCUT2D eigenvalue weighted by Crippen LogP contribution is 2.46. The van der Waals surface area contributed by atoms with Gasteiger partial charge in [-0.25, -0.2) is 9.59 Å². The van der Waals surface area contributed by atoms with E-state index in [4.69, 9.17) is 23.0 Å². The zero-order valence-corrected chi connectivity index (χ0v) is 24.5. The largest absolute Gasteiger partial charge is 0.458 e. The maximum Gasteiger partial charge on any atom is 0.457 e. The van der Waals surface area contributed by atoms with Crippen molar-refractivity contribution in [1.29, 1.82) is 0 Å². The molecule has 0 unspecified atom stereocenters. The third-order valence-corrected chi connectivity index (χ3v) is 7.16. The Hall–Kier alpha value is -1.37. The number of rotatable bonds is 8. The van der Waals surface area contributed by atoms with Gasteiger partial charge in [0.2, 0.25) is 0 Å². The van der Waals surface area contributed by atoms with Gasteiger partial charge in [-0.2, -0.15) is 8.42 Å². The number of hydrogen-bond acceptors (Lipinski definition) is 9. The first-order chi connectivity index (χ1) is 16.0. The molecule has 2 saturated heterocycles. The Balaban J connectivity index is 2.28. The van der Waals surface area contributed by atoms with Crippen LogP contribution in [0, 0.1) is 5.41 Å². The number of esters is 1. The number of likely N-dealkylation sites (tertiary alicyclic amines) is 1. The van der Waals surface area contributed by atoms with Crippen LogP contribution in [0.2, 0.25) is 6.32 Å². The van der Waals surface area contributed by atoms with E-state index >= 15 is 0 Å². The first-order valence-corrected chi connectivity index (χ1v) is 14.2. The number of nitrogens with zero attached hydrogens (tertiary/aromatic N) is 1. The average molecular weight is 533 g/mol. The van der Waals surface area contributed by atoms with Crippen molar-refractivity contribution in [2.24, 2.45) is 5.41 Å². The van der Waals surface area contributed by atoms with E-state index in [-0.39, 0.29) is 13.2 Å². The summed E-state index contributed by atoms with van der Waals surface area (Å²) in [5.41, 5.74) is -3.51. The highest BCUT2D eigenvalue weighted by molar-refractivity contribution is 7.85. The van der Waals surface area contributed by atoms with Gasteiger partial charge in [-0.1, -0.05) is 6.42 Å². The summed E-state index contributed by atoms with van der Waals surface area (Å²) in [7, 11) is -4.23. The molecule has 0 radical (unpaired) electrons. The van der Waals surface area contributed by atoms with Crippen molar-refractivity contribution in [1.82, 2.24) is 4.90 Å². The first-order valence-electron chi connectivity index (χ1n) is 12.4. The summed E-state index contributed by atoms with van der Waals surface area (Å²) >= 11 is 0. The molecule has 2 aliphatic heterocycles. The lowest BCUT2D eigenvalue weighted by molar-refractivity contribution is -0.184. The summed E-state index contributed by atoms with van der Waals surface area (Å²) in [5.74, 6) is -0.632. The molecule has 208 valence electrons. The van der Waals surface area contributed by atoms with Crippen LogP contribution in [0.5, 0.6) is 0 Å². The Bertz CT molecular complexity index is 920. The van der Waals surface area contributed by atoms with Gasteiger partial charge in [-0.15, -0.1) is 0 Å². The second-order valence-corrected chi connectivity index (χ2v) is 14.6. The normalized spacial score (nSPS) is 25.9. The van der Waals surface area contributed by atoms with Crippen LogP contribution in [0.1, 0.15) is 82.1 Å². The standard InChI is InChI=1S/C24H44BNO9S/c1-20(2,3)32-18(27)17-24(16-31-36(11,29)30,15-26(17)19(28)33-21(4,5)6)13-12-14-25-34-22(7,8)23(9,10)35-25/h17H,12-16H2,1-11H3/t17-,24+/m1/s1. The maximum absolute atomic E-state index is 13.3. The van der Waals surface area contributed by atoms with Crippen molar-refractivity contribution in [2.75, 3.05) is 19.4 Å². The van der Waals surface area contributed by atoms with Crippen molar-refractivity contribution in [2.45, 2.75) is 117 Å². The molecule has 0 bridgehead atoms. The fourth-order valence-electron chi connectivity index (χ4n) is 4.30. The zero-order chi connectivity index (χ0) is 28.0.